The quantitative estimate of drug-likeness (QED) is 0.171. The second-order valence-corrected chi connectivity index (χ2v) is 11.9. The highest BCUT2D eigenvalue weighted by atomic mass is 16.5. The minimum atomic E-state index is -0.828. The average Bonchev–Trinajstić information content (AvgIpc) is 3.72. The van der Waals surface area contributed by atoms with Crippen LogP contribution in [0.2, 0.25) is 0 Å². The lowest BCUT2D eigenvalue weighted by Gasteiger charge is -2.30. The fraction of sp³-hybridized carbons (Fsp3) is 0.742. The van der Waals surface area contributed by atoms with Crippen LogP contribution in [0.25, 0.3) is 0 Å². The molecule has 4 N–H and O–H groups in total. The van der Waals surface area contributed by atoms with Crippen LogP contribution in [-0.2, 0) is 25.5 Å². The van der Waals surface area contributed by atoms with E-state index in [9.17, 15) is 14.7 Å². The van der Waals surface area contributed by atoms with Crippen molar-refractivity contribution < 1.29 is 33.6 Å². The number of nitrogens with one attached hydrogen (secondary N) is 1. The third kappa shape index (κ3) is 9.93. The van der Waals surface area contributed by atoms with Gasteiger partial charge in [0.15, 0.2) is 11.5 Å². The molecule has 0 bridgehead atoms. The molecule has 0 aromatic heterocycles. The Hall–Kier alpha value is -2.36. The molecule has 4 atom stereocenters. The fourth-order valence-corrected chi connectivity index (χ4v) is 5.07. The summed E-state index contributed by atoms with van der Waals surface area (Å²) in [5.41, 5.74) is 7.06. The number of carbonyl (C=O) groups excluding carboxylic acids is 2. The molecule has 9 heteroatoms. The van der Waals surface area contributed by atoms with Crippen molar-refractivity contribution in [3.63, 3.8) is 0 Å². The van der Waals surface area contributed by atoms with Gasteiger partial charge in [0.05, 0.1) is 32.3 Å². The zero-order valence-corrected chi connectivity index (χ0v) is 25.5. The molecule has 1 saturated carbocycles. The number of nitrogens with two attached hydrogens (primary N) is 1. The maximum absolute atomic E-state index is 13.1. The summed E-state index contributed by atoms with van der Waals surface area (Å²) in [7, 11) is 4.67. The van der Waals surface area contributed by atoms with Crippen LogP contribution < -0.4 is 20.5 Å². The van der Waals surface area contributed by atoms with E-state index in [4.69, 9.17) is 24.7 Å². The predicted molar refractivity (Wildman–Crippen MR) is 155 cm³/mol. The minimum Gasteiger partial charge on any atom is -0.493 e. The van der Waals surface area contributed by atoms with Gasteiger partial charge in [-0.2, -0.15) is 0 Å². The number of methoxy groups -OCH3 is 3. The van der Waals surface area contributed by atoms with Crippen molar-refractivity contribution in [3.8, 4) is 11.5 Å². The maximum Gasteiger partial charge on any atom is 0.313 e. The van der Waals surface area contributed by atoms with Crippen LogP contribution >= 0.6 is 0 Å². The summed E-state index contributed by atoms with van der Waals surface area (Å²) in [6.07, 6.45) is 3.05. The van der Waals surface area contributed by atoms with Gasteiger partial charge < -0.3 is 35.1 Å². The summed E-state index contributed by atoms with van der Waals surface area (Å²) >= 11 is 0. The molecule has 0 spiro atoms. The molecule has 228 valence electrons. The molecule has 1 aliphatic carbocycles. The number of hydrogen-bond donors (Lipinski definition) is 3. The number of carbonyl (C=O) groups is 2. The van der Waals surface area contributed by atoms with E-state index in [0.29, 0.717) is 49.9 Å². The Balaban J connectivity index is 2.00. The summed E-state index contributed by atoms with van der Waals surface area (Å²) in [6, 6.07) is 5.50. The van der Waals surface area contributed by atoms with E-state index in [1.54, 1.807) is 14.2 Å². The van der Waals surface area contributed by atoms with E-state index in [2.05, 4.69) is 19.2 Å². The SMILES string of the molecule is COCCCOc1cc(C[C@@H](C[C@H](N)[C@@H](O)C[C@H](C(=O)NCC2(C(=O)OC)CC2)C(C)C)C(C)C)ccc1OC. The van der Waals surface area contributed by atoms with Crippen LogP contribution in [0.3, 0.4) is 0 Å². The summed E-state index contributed by atoms with van der Waals surface area (Å²) in [5.74, 6) is 1.11. The van der Waals surface area contributed by atoms with Gasteiger partial charge in [0.2, 0.25) is 5.91 Å². The Morgan fingerprint density at radius 1 is 1.02 bits per heavy atom. The second kappa shape index (κ2) is 16.2. The number of amides is 1. The van der Waals surface area contributed by atoms with Crippen LogP contribution in [0, 0.1) is 29.1 Å². The van der Waals surface area contributed by atoms with Gasteiger partial charge in [-0.1, -0.05) is 33.8 Å². The molecule has 0 saturated heterocycles. The van der Waals surface area contributed by atoms with E-state index in [1.807, 2.05) is 32.0 Å². The minimum absolute atomic E-state index is 0.0117. The van der Waals surface area contributed by atoms with Crippen LogP contribution in [-0.4, -0.2) is 70.2 Å². The third-order valence-corrected chi connectivity index (χ3v) is 8.20. The predicted octanol–water partition coefficient (Wildman–Crippen LogP) is 3.74. The van der Waals surface area contributed by atoms with E-state index >= 15 is 0 Å². The highest BCUT2D eigenvalue weighted by Gasteiger charge is 2.51. The summed E-state index contributed by atoms with van der Waals surface area (Å²) in [5, 5.41) is 14.0. The van der Waals surface area contributed by atoms with Gasteiger partial charge in [0.25, 0.3) is 0 Å². The molecular weight excluding hydrogens is 512 g/mol. The van der Waals surface area contributed by atoms with Crippen molar-refractivity contribution in [3.05, 3.63) is 23.8 Å². The van der Waals surface area contributed by atoms with Gasteiger partial charge in [-0.3, -0.25) is 9.59 Å². The van der Waals surface area contributed by atoms with Crippen molar-refractivity contribution >= 4 is 11.9 Å². The maximum atomic E-state index is 13.1. The zero-order valence-electron chi connectivity index (χ0n) is 25.5. The summed E-state index contributed by atoms with van der Waals surface area (Å²) < 4.78 is 21.4. The molecule has 0 heterocycles. The lowest BCUT2D eigenvalue weighted by atomic mass is 9.80. The number of aliphatic hydroxyl groups excluding tert-OH is 1. The lowest BCUT2D eigenvalue weighted by Crippen LogP contribution is -2.44. The Morgan fingerprint density at radius 3 is 2.27 bits per heavy atom. The van der Waals surface area contributed by atoms with Crippen molar-refractivity contribution in [2.45, 2.75) is 78.4 Å². The smallest absolute Gasteiger partial charge is 0.313 e. The number of aliphatic hydroxyl groups is 1. The highest BCUT2D eigenvalue weighted by molar-refractivity contribution is 5.83. The Kier molecular flexibility index (Phi) is 13.7. The van der Waals surface area contributed by atoms with Gasteiger partial charge >= 0.3 is 5.97 Å². The zero-order chi connectivity index (χ0) is 29.9. The van der Waals surface area contributed by atoms with E-state index in [0.717, 1.165) is 18.4 Å². The van der Waals surface area contributed by atoms with E-state index in [-0.39, 0.29) is 36.7 Å². The van der Waals surface area contributed by atoms with Crippen LogP contribution in [0.5, 0.6) is 11.5 Å². The summed E-state index contributed by atoms with van der Waals surface area (Å²) in [4.78, 5) is 25.1. The Morgan fingerprint density at radius 2 is 1.73 bits per heavy atom. The molecule has 9 nitrogen and oxygen atoms in total. The molecule has 0 aliphatic heterocycles. The first-order valence-electron chi connectivity index (χ1n) is 14.6. The van der Waals surface area contributed by atoms with Crippen molar-refractivity contribution in [1.29, 1.82) is 0 Å². The van der Waals surface area contributed by atoms with Crippen LogP contribution in [0.15, 0.2) is 18.2 Å². The Labute approximate surface area is 240 Å². The molecule has 1 aliphatic rings. The number of hydrogen-bond acceptors (Lipinski definition) is 8. The molecular formula is C31H52N2O7. The number of esters is 1. The van der Waals surface area contributed by atoms with Gasteiger partial charge in [0.1, 0.15) is 0 Å². The van der Waals surface area contributed by atoms with Crippen molar-refractivity contribution in [2.24, 2.45) is 34.8 Å². The van der Waals surface area contributed by atoms with Crippen LogP contribution in [0.1, 0.15) is 65.4 Å². The number of ether oxygens (including phenoxy) is 4. The Bertz CT molecular complexity index is 932. The lowest BCUT2D eigenvalue weighted by molar-refractivity contribution is -0.147. The molecule has 2 rings (SSSR count). The monoisotopic (exact) mass is 564 g/mol. The number of rotatable bonds is 19. The molecule has 1 amide bonds. The van der Waals surface area contributed by atoms with Gasteiger partial charge in [-0.15, -0.1) is 0 Å². The fourth-order valence-electron chi connectivity index (χ4n) is 5.07. The van der Waals surface area contributed by atoms with E-state index < -0.39 is 23.5 Å². The molecule has 1 fully saturated rings. The number of benzene rings is 1. The summed E-state index contributed by atoms with van der Waals surface area (Å²) in [6.45, 7) is 9.68. The first-order valence-corrected chi connectivity index (χ1v) is 14.6. The van der Waals surface area contributed by atoms with Crippen molar-refractivity contribution in [2.75, 3.05) is 41.1 Å². The average molecular weight is 565 g/mol. The largest absolute Gasteiger partial charge is 0.493 e. The van der Waals surface area contributed by atoms with Gasteiger partial charge in [-0.05, 0) is 67.6 Å². The van der Waals surface area contributed by atoms with Gasteiger partial charge in [-0.25, -0.2) is 0 Å². The van der Waals surface area contributed by atoms with Gasteiger partial charge in [0, 0.05) is 38.6 Å². The normalized spacial score (nSPS) is 17.2. The molecule has 1 aromatic carbocycles. The molecule has 40 heavy (non-hydrogen) atoms. The second-order valence-electron chi connectivity index (χ2n) is 11.9. The standard InChI is InChI=1S/C31H52N2O7/c1-20(2)23(15-22-9-10-27(38-6)28(16-22)40-14-8-13-37-5)17-25(32)26(34)18-24(21(3)4)29(35)33-19-31(11-12-31)30(36)39-7/h9-10,16,20-21,23-26,34H,8,11-15,17-19,32H2,1-7H3,(H,33,35)/t23-,24-,25-,26-/m0/s1. The van der Waals surface area contributed by atoms with Crippen molar-refractivity contribution in [1.82, 2.24) is 5.32 Å². The first kappa shape index (κ1) is 33.8. The van der Waals surface area contributed by atoms with Crippen LogP contribution in [0.4, 0.5) is 0 Å². The third-order valence-electron chi connectivity index (χ3n) is 8.20. The van der Waals surface area contributed by atoms with E-state index in [1.165, 1.54) is 7.11 Å². The first-order chi connectivity index (χ1) is 19.0. The highest BCUT2D eigenvalue weighted by Crippen LogP contribution is 2.46. The topological polar surface area (TPSA) is 129 Å². The molecule has 0 unspecified atom stereocenters. The molecule has 1 aromatic rings. The molecule has 0 radical (unpaired) electrons.